The maximum atomic E-state index is 13.6. The number of furan rings is 1. The predicted molar refractivity (Wildman–Crippen MR) is 153 cm³/mol. The van der Waals surface area contributed by atoms with Crippen molar-refractivity contribution in [3.63, 3.8) is 0 Å². The van der Waals surface area contributed by atoms with Crippen LogP contribution in [0.4, 0.5) is 0 Å². The first-order valence-corrected chi connectivity index (χ1v) is 13.8. The number of fused-ring (bicyclic) bond motifs is 1. The van der Waals surface area contributed by atoms with Crippen LogP contribution in [0.25, 0.3) is 6.08 Å². The molecule has 3 aromatic heterocycles. The molecule has 1 atom stereocenters. The second-order valence-corrected chi connectivity index (χ2v) is 10.4. The van der Waals surface area contributed by atoms with Crippen molar-refractivity contribution in [2.24, 2.45) is 4.99 Å². The molecule has 41 heavy (non-hydrogen) atoms. The van der Waals surface area contributed by atoms with Gasteiger partial charge >= 0.3 is 11.9 Å². The fraction of sp³-hybridized carbons (Fsp3) is 0.138. The normalized spacial score (nSPS) is 14.3. The number of rotatable bonds is 7. The van der Waals surface area contributed by atoms with E-state index in [2.05, 4.69) is 11.6 Å². The Hall–Kier alpha value is -4.81. The number of thiophene rings is 1. The van der Waals surface area contributed by atoms with Gasteiger partial charge in [-0.2, -0.15) is 0 Å². The van der Waals surface area contributed by atoms with Gasteiger partial charge in [-0.1, -0.05) is 42.2 Å². The number of thiazole rings is 1. The fourth-order valence-corrected chi connectivity index (χ4v) is 5.65. The molecule has 4 aromatic rings. The van der Waals surface area contributed by atoms with Crippen molar-refractivity contribution < 1.29 is 33.4 Å². The molecule has 210 valence electrons. The highest BCUT2D eigenvalue weighted by Gasteiger charge is 2.33. The Labute approximate surface area is 241 Å². The lowest BCUT2D eigenvalue weighted by molar-refractivity contribution is -0.138. The number of carbonyl (C=O) groups excluding carboxylic acids is 2. The van der Waals surface area contributed by atoms with Gasteiger partial charge in [0.2, 0.25) is 5.76 Å². The number of aromatic nitrogens is 1. The maximum Gasteiger partial charge on any atom is 0.379 e. The van der Waals surface area contributed by atoms with Crippen molar-refractivity contribution >= 4 is 46.7 Å². The molecule has 1 unspecified atom stereocenters. The quantitative estimate of drug-likeness (QED) is 0.194. The number of hydrogen-bond donors (Lipinski definition) is 1. The Balaban J connectivity index is 0.000000909. The first kappa shape index (κ1) is 29.2. The lowest BCUT2D eigenvalue weighted by Gasteiger charge is -2.24. The predicted octanol–water partition coefficient (Wildman–Crippen LogP) is 3.93. The Morgan fingerprint density at radius 1 is 1.15 bits per heavy atom. The molecule has 1 aliphatic rings. The molecule has 10 nitrogen and oxygen atoms in total. The molecule has 0 bridgehead atoms. The summed E-state index contributed by atoms with van der Waals surface area (Å²) in [7, 11) is 0. The molecule has 4 heterocycles. The van der Waals surface area contributed by atoms with Gasteiger partial charge < -0.3 is 19.0 Å². The van der Waals surface area contributed by atoms with Crippen LogP contribution in [0.3, 0.4) is 0 Å². The summed E-state index contributed by atoms with van der Waals surface area (Å²) < 4.78 is 17.8. The molecule has 12 heteroatoms. The van der Waals surface area contributed by atoms with Gasteiger partial charge in [-0.05, 0) is 54.3 Å². The number of hydrogen-bond acceptors (Lipinski definition) is 10. The van der Waals surface area contributed by atoms with Crippen LogP contribution in [0, 0.1) is 0 Å². The van der Waals surface area contributed by atoms with E-state index < -0.39 is 23.9 Å². The summed E-state index contributed by atoms with van der Waals surface area (Å²) in [5.74, 6) is -1.70. The lowest BCUT2D eigenvalue weighted by atomic mass is 9.96. The van der Waals surface area contributed by atoms with E-state index in [1.165, 1.54) is 45.6 Å². The minimum absolute atomic E-state index is 0.0206. The standard InChI is InChI=1S/C27H20N2O6S2.C2H4O2/c1-3-12-34-26(32)22-16(2)28-27-29(24(30)21(37-27)15-19-6-5-14-36-19)23(22)17-8-10-18(11-9-17)35-25(31)20-7-4-13-33-20;1-2(3)4/h3-11,13-15,23H,1,12H2,2H3;1H3,(H,3,4). The summed E-state index contributed by atoms with van der Waals surface area (Å²) in [5, 5.41) is 9.35. The largest absolute Gasteiger partial charge is 0.481 e. The molecule has 5 rings (SSSR count). The van der Waals surface area contributed by atoms with Crippen LogP contribution in [0.15, 0.2) is 98.3 Å². The number of aliphatic carboxylic acids is 1. The van der Waals surface area contributed by atoms with E-state index in [1.807, 2.05) is 23.6 Å². The Morgan fingerprint density at radius 2 is 1.88 bits per heavy atom. The summed E-state index contributed by atoms with van der Waals surface area (Å²) in [5.41, 5.74) is 1.06. The molecule has 1 aliphatic heterocycles. The van der Waals surface area contributed by atoms with E-state index in [0.29, 0.717) is 20.6 Å². The van der Waals surface area contributed by atoms with Crippen molar-refractivity contribution in [2.75, 3.05) is 6.61 Å². The minimum atomic E-state index is -0.833. The highest BCUT2D eigenvalue weighted by Crippen LogP contribution is 2.31. The van der Waals surface area contributed by atoms with E-state index in [-0.39, 0.29) is 29.2 Å². The third kappa shape index (κ3) is 6.86. The van der Waals surface area contributed by atoms with Crippen LogP contribution >= 0.6 is 22.7 Å². The van der Waals surface area contributed by atoms with Gasteiger partial charge in [-0.25, -0.2) is 14.6 Å². The van der Waals surface area contributed by atoms with Crippen LogP contribution < -0.4 is 19.6 Å². The summed E-state index contributed by atoms with van der Waals surface area (Å²) in [4.78, 5) is 53.9. The molecule has 0 saturated carbocycles. The fourth-order valence-electron chi connectivity index (χ4n) is 3.88. The van der Waals surface area contributed by atoms with Crippen molar-refractivity contribution in [3.8, 4) is 5.75 Å². The number of allylic oxidation sites excluding steroid dienone is 1. The zero-order valence-electron chi connectivity index (χ0n) is 21.9. The van der Waals surface area contributed by atoms with Gasteiger partial charge in [0, 0.05) is 11.8 Å². The summed E-state index contributed by atoms with van der Waals surface area (Å²) in [6.07, 6.45) is 4.68. The van der Waals surface area contributed by atoms with Crippen molar-refractivity contribution in [3.05, 3.63) is 120 Å². The summed E-state index contributed by atoms with van der Waals surface area (Å²) in [6.45, 7) is 6.41. The molecular formula is C29H24N2O8S2. The maximum absolute atomic E-state index is 13.6. The summed E-state index contributed by atoms with van der Waals surface area (Å²) >= 11 is 2.78. The molecule has 0 fully saturated rings. The Kier molecular flexibility index (Phi) is 9.27. The van der Waals surface area contributed by atoms with Gasteiger partial charge in [-0.3, -0.25) is 14.2 Å². The number of esters is 2. The van der Waals surface area contributed by atoms with Crippen LogP contribution in [0.2, 0.25) is 0 Å². The number of nitrogens with zero attached hydrogens (tertiary/aromatic N) is 2. The van der Waals surface area contributed by atoms with Gasteiger partial charge in [0.15, 0.2) is 4.80 Å². The summed E-state index contributed by atoms with van der Waals surface area (Å²) in [6, 6.07) is 12.7. The molecule has 0 spiro atoms. The number of carbonyl (C=O) groups is 3. The smallest absolute Gasteiger partial charge is 0.379 e. The second-order valence-electron chi connectivity index (χ2n) is 8.44. The van der Waals surface area contributed by atoms with Crippen molar-refractivity contribution in [1.29, 1.82) is 0 Å². The van der Waals surface area contributed by atoms with Gasteiger partial charge in [0.25, 0.3) is 11.5 Å². The molecule has 1 N–H and O–H groups in total. The molecule has 0 saturated heterocycles. The molecule has 0 amide bonds. The number of carboxylic acid groups (broad SMARTS) is 1. The zero-order chi connectivity index (χ0) is 29.5. The van der Waals surface area contributed by atoms with Crippen LogP contribution in [-0.2, 0) is 14.3 Å². The third-order valence-electron chi connectivity index (χ3n) is 5.52. The Morgan fingerprint density at radius 3 is 2.49 bits per heavy atom. The van der Waals surface area contributed by atoms with Crippen molar-refractivity contribution in [1.82, 2.24) is 4.57 Å². The molecule has 0 aliphatic carbocycles. The van der Waals surface area contributed by atoms with E-state index in [4.69, 9.17) is 23.8 Å². The number of ether oxygens (including phenoxy) is 2. The van der Waals surface area contributed by atoms with Crippen LogP contribution in [0.5, 0.6) is 5.75 Å². The minimum Gasteiger partial charge on any atom is -0.481 e. The van der Waals surface area contributed by atoms with Gasteiger partial charge in [0.05, 0.1) is 28.1 Å². The Bertz CT molecular complexity index is 1770. The average molecular weight is 593 g/mol. The molecule has 0 radical (unpaired) electrons. The monoisotopic (exact) mass is 592 g/mol. The van der Waals surface area contributed by atoms with E-state index in [0.717, 1.165) is 11.8 Å². The molecular weight excluding hydrogens is 568 g/mol. The SMILES string of the molecule is C=CCOC(=O)C1=C(C)N=c2sc(=Cc3cccs3)c(=O)n2C1c1ccc(OC(=O)c2ccco2)cc1.CC(=O)O. The first-order chi connectivity index (χ1) is 19.7. The van der Waals surface area contributed by atoms with E-state index >= 15 is 0 Å². The van der Waals surface area contributed by atoms with Crippen molar-refractivity contribution in [2.45, 2.75) is 19.9 Å². The topological polar surface area (TPSA) is 137 Å². The number of carboxylic acids is 1. The average Bonchev–Trinajstić information content (AvgIpc) is 3.70. The third-order valence-corrected chi connectivity index (χ3v) is 7.32. The van der Waals surface area contributed by atoms with Gasteiger partial charge in [0.1, 0.15) is 12.4 Å². The highest BCUT2D eigenvalue weighted by atomic mass is 32.1. The van der Waals surface area contributed by atoms with Gasteiger partial charge in [-0.15, -0.1) is 11.3 Å². The molecule has 1 aromatic carbocycles. The highest BCUT2D eigenvalue weighted by molar-refractivity contribution is 7.11. The van der Waals surface area contributed by atoms with E-state index in [9.17, 15) is 14.4 Å². The zero-order valence-corrected chi connectivity index (χ0v) is 23.6. The number of benzene rings is 1. The van der Waals surface area contributed by atoms with Crippen LogP contribution in [0.1, 0.15) is 40.9 Å². The van der Waals surface area contributed by atoms with Crippen LogP contribution in [-0.4, -0.2) is 34.2 Å². The first-order valence-electron chi connectivity index (χ1n) is 12.1. The van der Waals surface area contributed by atoms with E-state index in [1.54, 1.807) is 37.3 Å². The lowest BCUT2D eigenvalue weighted by Crippen LogP contribution is -2.39. The second kappa shape index (κ2) is 13.0.